The highest BCUT2D eigenvalue weighted by molar-refractivity contribution is 6.32. The van der Waals surface area contributed by atoms with Gasteiger partial charge in [0.25, 0.3) is 0 Å². The van der Waals surface area contributed by atoms with Crippen LogP contribution in [-0.2, 0) is 20.9 Å². The molecule has 1 amide bonds. The third kappa shape index (κ3) is 3.38. The molecule has 0 spiro atoms. The first-order valence-corrected chi connectivity index (χ1v) is 5.19. The molecule has 18 heavy (non-hydrogen) atoms. The van der Waals surface area contributed by atoms with Crippen molar-refractivity contribution < 1.29 is 23.8 Å². The van der Waals surface area contributed by atoms with Crippen LogP contribution in [0.25, 0.3) is 0 Å². The molecule has 1 aromatic carbocycles. The smallest absolute Gasteiger partial charge is 0.396 e. The average molecular weight is 253 g/mol. The topological polar surface area (TPSA) is 73.9 Å². The molecule has 0 heterocycles. The number of carbonyl (C=O) groups excluding carboxylic acids is 2. The van der Waals surface area contributed by atoms with Gasteiger partial charge in [-0.2, -0.15) is 0 Å². The Morgan fingerprint density at radius 1 is 1.17 bits per heavy atom. The van der Waals surface area contributed by atoms with Crippen molar-refractivity contribution in [1.82, 2.24) is 5.32 Å². The quantitative estimate of drug-likeness (QED) is 0.624. The Hall–Kier alpha value is -2.24. The van der Waals surface area contributed by atoms with E-state index in [9.17, 15) is 9.59 Å². The van der Waals surface area contributed by atoms with E-state index < -0.39 is 11.9 Å². The minimum Gasteiger partial charge on any atom is -0.497 e. The second kappa shape index (κ2) is 6.48. The summed E-state index contributed by atoms with van der Waals surface area (Å²) in [5, 5.41) is 2.43. The van der Waals surface area contributed by atoms with Gasteiger partial charge < -0.3 is 19.5 Å². The summed E-state index contributed by atoms with van der Waals surface area (Å²) in [5.41, 5.74) is 0.703. The van der Waals surface area contributed by atoms with Gasteiger partial charge in [0.1, 0.15) is 11.5 Å². The van der Waals surface area contributed by atoms with Crippen molar-refractivity contribution >= 4 is 11.9 Å². The number of ether oxygens (including phenoxy) is 3. The van der Waals surface area contributed by atoms with Crippen LogP contribution >= 0.6 is 0 Å². The van der Waals surface area contributed by atoms with Crippen molar-refractivity contribution in [2.45, 2.75) is 6.54 Å². The molecule has 0 aromatic heterocycles. The number of carbonyl (C=O) groups is 2. The molecule has 0 radical (unpaired) electrons. The van der Waals surface area contributed by atoms with Crippen LogP contribution in [0.15, 0.2) is 18.2 Å². The number of amides is 1. The van der Waals surface area contributed by atoms with E-state index in [0.717, 1.165) is 7.11 Å². The molecule has 0 aliphatic heterocycles. The number of rotatable bonds is 4. The van der Waals surface area contributed by atoms with Crippen molar-refractivity contribution in [3.05, 3.63) is 23.8 Å². The van der Waals surface area contributed by atoms with E-state index in [1.807, 2.05) is 0 Å². The van der Waals surface area contributed by atoms with Gasteiger partial charge in [-0.3, -0.25) is 4.79 Å². The van der Waals surface area contributed by atoms with Crippen molar-refractivity contribution in [3.8, 4) is 11.5 Å². The fraction of sp³-hybridized carbons (Fsp3) is 0.333. The SMILES string of the molecule is COC(=O)C(=O)NCc1cc(OC)ccc1OC. The Labute approximate surface area is 105 Å². The van der Waals surface area contributed by atoms with Gasteiger partial charge in [-0.15, -0.1) is 0 Å². The highest BCUT2D eigenvalue weighted by Crippen LogP contribution is 2.23. The summed E-state index contributed by atoms with van der Waals surface area (Å²) < 4.78 is 14.5. The molecular weight excluding hydrogens is 238 g/mol. The Bertz CT molecular complexity index is 444. The van der Waals surface area contributed by atoms with Crippen LogP contribution in [0.3, 0.4) is 0 Å². The van der Waals surface area contributed by atoms with Gasteiger partial charge in [0.15, 0.2) is 0 Å². The maximum atomic E-state index is 11.2. The maximum Gasteiger partial charge on any atom is 0.396 e. The van der Waals surface area contributed by atoms with Gasteiger partial charge in [0.2, 0.25) is 0 Å². The summed E-state index contributed by atoms with van der Waals surface area (Å²) in [5.74, 6) is -0.502. The number of methoxy groups -OCH3 is 3. The van der Waals surface area contributed by atoms with Crippen LogP contribution < -0.4 is 14.8 Å². The van der Waals surface area contributed by atoms with Crippen molar-refractivity contribution in [1.29, 1.82) is 0 Å². The van der Waals surface area contributed by atoms with Crippen molar-refractivity contribution in [2.24, 2.45) is 0 Å². The van der Waals surface area contributed by atoms with Crippen LogP contribution in [0.2, 0.25) is 0 Å². The zero-order valence-corrected chi connectivity index (χ0v) is 10.5. The van der Waals surface area contributed by atoms with E-state index in [4.69, 9.17) is 9.47 Å². The van der Waals surface area contributed by atoms with Crippen LogP contribution in [0.4, 0.5) is 0 Å². The van der Waals surface area contributed by atoms with Gasteiger partial charge in [0.05, 0.1) is 21.3 Å². The normalized spacial score (nSPS) is 9.50. The Kier molecular flexibility index (Phi) is 4.98. The van der Waals surface area contributed by atoms with Crippen molar-refractivity contribution in [3.63, 3.8) is 0 Å². The molecule has 0 saturated heterocycles. The van der Waals surface area contributed by atoms with E-state index in [1.165, 1.54) is 7.11 Å². The van der Waals surface area contributed by atoms with E-state index in [1.54, 1.807) is 25.3 Å². The second-order valence-electron chi connectivity index (χ2n) is 3.35. The van der Waals surface area contributed by atoms with Gasteiger partial charge in [0, 0.05) is 12.1 Å². The van der Waals surface area contributed by atoms with E-state index in [2.05, 4.69) is 10.1 Å². The number of hydrogen-bond donors (Lipinski definition) is 1. The van der Waals surface area contributed by atoms with Crippen LogP contribution in [-0.4, -0.2) is 33.2 Å². The van der Waals surface area contributed by atoms with Crippen LogP contribution in [0.1, 0.15) is 5.56 Å². The Morgan fingerprint density at radius 2 is 1.89 bits per heavy atom. The fourth-order valence-corrected chi connectivity index (χ4v) is 1.36. The summed E-state index contributed by atoms with van der Waals surface area (Å²) in [6, 6.07) is 5.18. The highest BCUT2D eigenvalue weighted by Gasteiger charge is 2.14. The largest absolute Gasteiger partial charge is 0.497 e. The summed E-state index contributed by atoms with van der Waals surface area (Å²) in [4.78, 5) is 22.2. The monoisotopic (exact) mass is 253 g/mol. The molecule has 0 aliphatic carbocycles. The molecule has 0 atom stereocenters. The zero-order valence-electron chi connectivity index (χ0n) is 10.5. The van der Waals surface area contributed by atoms with Crippen LogP contribution in [0, 0.1) is 0 Å². The lowest BCUT2D eigenvalue weighted by Gasteiger charge is -2.10. The lowest BCUT2D eigenvalue weighted by atomic mass is 10.2. The molecule has 0 unspecified atom stereocenters. The molecule has 1 aromatic rings. The van der Waals surface area contributed by atoms with Gasteiger partial charge in [-0.25, -0.2) is 4.79 Å². The first kappa shape index (κ1) is 13.8. The zero-order chi connectivity index (χ0) is 13.5. The van der Waals surface area contributed by atoms with E-state index >= 15 is 0 Å². The van der Waals surface area contributed by atoms with Gasteiger partial charge in [-0.05, 0) is 18.2 Å². The number of benzene rings is 1. The molecule has 1 N–H and O–H groups in total. The molecule has 98 valence electrons. The van der Waals surface area contributed by atoms with Gasteiger partial charge >= 0.3 is 11.9 Å². The lowest BCUT2D eigenvalue weighted by molar-refractivity contribution is -0.152. The molecule has 0 fully saturated rings. The first-order valence-electron chi connectivity index (χ1n) is 5.19. The standard InChI is InChI=1S/C12H15NO5/c1-16-9-4-5-10(17-2)8(6-9)7-13-11(14)12(15)18-3/h4-6H,7H2,1-3H3,(H,13,14). The average Bonchev–Trinajstić information content (AvgIpc) is 2.43. The van der Waals surface area contributed by atoms with E-state index in [-0.39, 0.29) is 6.54 Å². The number of nitrogens with one attached hydrogen (secondary N) is 1. The second-order valence-corrected chi connectivity index (χ2v) is 3.35. The van der Waals surface area contributed by atoms with Gasteiger partial charge in [-0.1, -0.05) is 0 Å². The number of esters is 1. The van der Waals surface area contributed by atoms with E-state index in [0.29, 0.717) is 17.1 Å². The predicted molar refractivity (Wildman–Crippen MR) is 63.4 cm³/mol. The molecule has 0 saturated carbocycles. The molecule has 6 heteroatoms. The third-order valence-corrected chi connectivity index (χ3v) is 2.30. The molecular formula is C12H15NO5. The first-order chi connectivity index (χ1) is 8.62. The molecule has 1 rings (SSSR count). The molecule has 6 nitrogen and oxygen atoms in total. The maximum absolute atomic E-state index is 11.2. The lowest BCUT2D eigenvalue weighted by Crippen LogP contribution is -2.31. The summed E-state index contributed by atoms with van der Waals surface area (Å²) in [7, 11) is 4.21. The Morgan fingerprint density at radius 3 is 2.44 bits per heavy atom. The summed E-state index contributed by atoms with van der Waals surface area (Å²) >= 11 is 0. The summed E-state index contributed by atoms with van der Waals surface area (Å²) in [6.07, 6.45) is 0. The minimum absolute atomic E-state index is 0.147. The Balaban J connectivity index is 2.76. The minimum atomic E-state index is -0.933. The summed E-state index contributed by atoms with van der Waals surface area (Å²) in [6.45, 7) is 0.147. The highest BCUT2D eigenvalue weighted by atomic mass is 16.5. The molecule has 0 aliphatic rings. The molecule has 0 bridgehead atoms. The number of hydrogen-bond acceptors (Lipinski definition) is 5. The van der Waals surface area contributed by atoms with Crippen LogP contribution in [0.5, 0.6) is 11.5 Å². The van der Waals surface area contributed by atoms with Crippen molar-refractivity contribution in [2.75, 3.05) is 21.3 Å². The fourth-order valence-electron chi connectivity index (χ4n) is 1.36. The third-order valence-electron chi connectivity index (χ3n) is 2.30. The predicted octanol–water partition coefficient (Wildman–Crippen LogP) is 0.493.